The molecule has 338 valence electrons. The van der Waals surface area contributed by atoms with Crippen molar-refractivity contribution >= 4 is 35.3 Å². The molecule has 0 spiro atoms. The van der Waals surface area contributed by atoms with Crippen molar-refractivity contribution in [3.63, 3.8) is 0 Å². The lowest BCUT2D eigenvalue weighted by molar-refractivity contribution is -0.153. The van der Waals surface area contributed by atoms with Crippen LogP contribution in [0, 0.1) is 0 Å². The summed E-state index contributed by atoms with van der Waals surface area (Å²) in [5.74, 6) is -0.871. The zero-order chi connectivity index (χ0) is 45.4. The molecule has 0 heterocycles. The number of rotatable bonds is 29. The smallest absolute Gasteiger partial charge is 0.375 e. The van der Waals surface area contributed by atoms with Crippen LogP contribution < -0.4 is 16.0 Å². The topological polar surface area (TPSA) is 99.7 Å². The third-order valence-corrected chi connectivity index (χ3v) is 14.7. The maximum absolute atomic E-state index is 12.7. The van der Waals surface area contributed by atoms with Gasteiger partial charge < -0.3 is 25.8 Å². The van der Waals surface area contributed by atoms with Gasteiger partial charge in [-0.1, -0.05) is 207 Å². The molecule has 65 heavy (non-hydrogen) atoms. The minimum atomic E-state index is -1.50. The van der Waals surface area contributed by atoms with Crippen LogP contribution in [0.25, 0.3) is 0 Å². The quantitative estimate of drug-likeness (QED) is 0.0159. The molecule has 6 aromatic carbocycles. The van der Waals surface area contributed by atoms with Crippen molar-refractivity contribution in [3.8, 4) is 0 Å². The Morgan fingerprint density at radius 1 is 0.585 bits per heavy atom. The molecule has 9 heteroatoms. The summed E-state index contributed by atoms with van der Waals surface area (Å²) in [6, 6.07) is 64.2. The lowest BCUT2D eigenvalue weighted by Gasteiger charge is -2.37. The first-order valence-electron chi connectivity index (χ1n) is 22.8. The number of nitrogens with one attached hydrogen (secondary N) is 3. The molecule has 0 aliphatic carbocycles. The summed E-state index contributed by atoms with van der Waals surface area (Å²) in [6.07, 6.45) is 5.16. The maximum atomic E-state index is 12.7. The van der Waals surface area contributed by atoms with E-state index in [4.69, 9.17) is 4.74 Å². The largest absolute Gasteiger partial charge is 0.475 e. The van der Waals surface area contributed by atoms with E-state index in [2.05, 4.69) is 187 Å². The first kappa shape index (κ1) is 49.2. The Morgan fingerprint density at radius 3 is 1.42 bits per heavy atom. The fraction of sp³-hybridized carbons (Fsp3) is 0.286. The standard InChI is InChI=1S/C56H63N3O4S2/c1-2-3-37-59-51(44-65-56(48-30-16-7-17-31-48,49-32-18-8-19-33-49)50-34-20-9-21-35-50)43-58-39-38-57-40-41-63-52(53(60)54(61)62)36-22-23-42-64-55(45-24-10-4-11-25-45,46-26-12-5-13-27-46)47-28-14-6-15-29-47/h4-22,24-36,51-52,57-59H,2-3,23,37-44H2,1H3,(H,61,62)/b36-22+. The van der Waals surface area contributed by atoms with E-state index in [9.17, 15) is 14.7 Å². The molecule has 0 aliphatic heterocycles. The molecule has 4 N–H and O–H groups in total. The van der Waals surface area contributed by atoms with E-state index >= 15 is 0 Å². The zero-order valence-corrected chi connectivity index (χ0v) is 39.0. The minimum Gasteiger partial charge on any atom is -0.475 e. The fourth-order valence-electron chi connectivity index (χ4n) is 8.11. The molecule has 0 bridgehead atoms. The molecule has 7 nitrogen and oxygen atoms in total. The van der Waals surface area contributed by atoms with Crippen LogP contribution in [0.4, 0.5) is 0 Å². The molecule has 2 unspecified atom stereocenters. The first-order valence-corrected chi connectivity index (χ1v) is 24.8. The summed E-state index contributed by atoms with van der Waals surface area (Å²) in [7, 11) is 0. The van der Waals surface area contributed by atoms with E-state index in [0.29, 0.717) is 19.5 Å². The highest BCUT2D eigenvalue weighted by Crippen LogP contribution is 2.50. The summed E-state index contributed by atoms with van der Waals surface area (Å²) in [4.78, 5) is 24.5. The number of ether oxygens (including phenoxy) is 1. The number of carboxylic acid groups (broad SMARTS) is 1. The van der Waals surface area contributed by atoms with Gasteiger partial charge in [0.1, 0.15) is 6.10 Å². The van der Waals surface area contributed by atoms with Crippen LogP contribution >= 0.6 is 23.5 Å². The molecule has 0 aromatic heterocycles. The molecule has 0 saturated heterocycles. The van der Waals surface area contributed by atoms with Crippen molar-refractivity contribution in [3.05, 3.63) is 228 Å². The summed E-state index contributed by atoms with van der Waals surface area (Å²) in [6.45, 7) is 6.07. The highest BCUT2D eigenvalue weighted by atomic mass is 32.2. The van der Waals surface area contributed by atoms with E-state index in [-0.39, 0.29) is 17.4 Å². The highest BCUT2D eigenvalue weighted by molar-refractivity contribution is 8.00. The fourth-order valence-corrected chi connectivity index (χ4v) is 11.2. The van der Waals surface area contributed by atoms with Gasteiger partial charge in [0.2, 0.25) is 0 Å². The van der Waals surface area contributed by atoms with Crippen molar-refractivity contribution < 1.29 is 19.4 Å². The number of benzene rings is 6. The molecule has 0 amide bonds. The monoisotopic (exact) mass is 905 g/mol. The molecule has 0 radical (unpaired) electrons. The van der Waals surface area contributed by atoms with Gasteiger partial charge in [0.15, 0.2) is 0 Å². The van der Waals surface area contributed by atoms with Crippen LogP contribution in [-0.2, 0) is 23.8 Å². The Labute approximate surface area is 394 Å². The number of thioether (sulfide) groups is 2. The molecular formula is C56H63N3O4S2. The van der Waals surface area contributed by atoms with Gasteiger partial charge >= 0.3 is 5.97 Å². The highest BCUT2D eigenvalue weighted by Gasteiger charge is 2.38. The SMILES string of the molecule is CCCCNC(CNCCNCCOC(/C=C/CCSC(c1ccccc1)(c1ccccc1)c1ccccc1)C(=O)C(=O)O)CSC(c1ccccc1)(c1ccccc1)c1ccccc1. The van der Waals surface area contributed by atoms with Gasteiger partial charge in [0.25, 0.3) is 5.78 Å². The Hall–Kier alpha value is -5.26. The van der Waals surface area contributed by atoms with Gasteiger partial charge in [-0.3, -0.25) is 4.79 Å². The van der Waals surface area contributed by atoms with E-state index in [1.54, 1.807) is 6.08 Å². The second kappa shape index (κ2) is 26.6. The summed E-state index contributed by atoms with van der Waals surface area (Å²) in [5, 5.41) is 20.5. The maximum Gasteiger partial charge on any atom is 0.375 e. The second-order valence-corrected chi connectivity index (χ2v) is 18.4. The summed E-state index contributed by atoms with van der Waals surface area (Å²) in [5.41, 5.74) is 7.28. The minimum absolute atomic E-state index is 0.195. The van der Waals surface area contributed by atoms with Crippen LogP contribution in [0.2, 0.25) is 0 Å². The lowest BCUT2D eigenvalue weighted by Crippen LogP contribution is -2.44. The number of Topliss-reactive ketones (excluding diaryl/α,β-unsaturated/α-hetero) is 1. The van der Waals surface area contributed by atoms with Crippen molar-refractivity contribution in [2.75, 3.05) is 50.8 Å². The summed E-state index contributed by atoms with van der Waals surface area (Å²) < 4.78 is 5.03. The molecule has 0 saturated carbocycles. The van der Waals surface area contributed by atoms with Crippen molar-refractivity contribution in [1.82, 2.24) is 16.0 Å². The van der Waals surface area contributed by atoms with E-state index in [1.165, 1.54) is 33.4 Å². The predicted molar refractivity (Wildman–Crippen MR) is 272 cm³/mol. The lowest BCUT2D eigenvalue weighted by atomic mass is 9.84. The molecule has 0 fully saturated rings. The molecule has 6 rings (SSSR count). The Balaban J connectivity index is 1.01. The third-order valence-electron chi connectivity index (χ3n) is 11.4. The van der Waals surface area contributed by atoms with E-state index in [0.717, 1.165) is 44.0 Å². The van der Waals surface area contributed by atoms with Crippen molar-refractivity contribution in [2.24, 2.45) is 0 Å². The molecule has 6 aromatic rings. The normalized spacial score (nSPS) is 12.8. The molecular weight excluding hydrogens is 843 g/mol. The van der Waals surface area contributed by atoms with Crippen LogP contribution in [0.15, 0.2) is 194 Å². The second-order valence-electron chi connectivity index (χ2n) is 15.9. The number of carboxylic acids is 1. The van der Waals surface area contributed by atoms with Gasteiger partial charge in [-0.25, -0.2) is 4.79 Å². The Morgan fingerprint density at radius 2 is 1.00 bits per heavy atom. The number of carbonyl (C=O) groups is 2. The van der Waals surface area contributed by atoms with Gasteiger partial charge in [0.05, 0.1) is 16.1 Å². The third kappa shape index (κ3) is 13.6. The van der Waals surface area contributed by atoms with Crippen LogP contribution in [0.1, 0.15) is 59.6 Å². The van der Waals surface area contributed by atoms with Crippen LogP contribution in [0.3, 0.4) is 0 Å². The number of hydrogen-bond donors (Lipinski definition) is 4. The number of aliphatic carboxylic acids is 1. The van der Waals surface area contributed by atoms with Crippen LogP contribution in [0.5, 0.6) is 0 Å². The van der Waals surface area contributed by atoms with Gasteiger partial charge in [-0.05, 0) is 58.5 Å². The number of carbonyl (C=O) groups excluding carboxylic acids is 1. The number of allylic oxidation sites excluding steroid dienone is 1. The van der Waals surface area contributed by atoms with E-state index in [1.807, 2.05) is 47.8 Å². The Kier molecular flexibility index (Phi) is 20.2. The van der Waals surface area contributed by atoms with Crippen LogP contribution in [-0.4, -0.2) is 79.8 Å². The predicted octanol–water partition coefficient (Wildman–Crippen LogP) is 10.4. The Bertz CT molecular complexity index is 2090. The zero-order valence-electron chi connectivity index (χ0n) is 37.4. The van der Waals surface area contributed by atoms with Gasteiger partial charge in [0, 0.05) is 38.0 Å². The summed E-state index contributed by atoms with van der Waals surface area (Å²) >= 11 is 3.79. The van der Waals surface area contributed by atoms with E-state index < -0.39 is 22.6 Å². The average molecular weight is 906 g/mol. The van der Waals surface area contributed by atoms with Crippen molar-refractivity contribution in [1.29, 1.82) is 0 Å². The molecule has 0 aliphatic rings. The van der Waals surface area contributed by atoms with Gasteiger partial charge in [-0.2, -0.15) is 0 Å². The van der Waals surface area contributed by atoms with Gasteiger partial charge in [-0.15, -0.1) is 23.5 Å². The number of ketones is 1. The number of hydrogen-bond acceptors (Lipinski definition) is 8. The molecule has 2 atom stereocenters. The number of unbranched alkanes of at least 4 members (excludes halogenated alkanes) is 1. The van der Waals surface area contributed by atoms with Crippen molar-refractivity contribution in [2.45, 2.75) is 47.8 Å². The first-order chi connectivity index (χ1) is 32.0. The average Bonchev–Trinajstić information content (AvgIpc) is 3.36.